The standard InChI is InChI=1S/C22H40O4/c1-3-5-6-7-8-9-10-11-13-20(12-4-2)26-22(25)19-16-14-18(15-17-19)21(23)24/h18-20H,3-17H2,1-2H3,(H,23,24). The Hall–Kier alpha value is -1.06. The zero-order chi connectivity index (χ0) is 19.2. The van der Waals surface area contributed by atoms with Gasteiger partial charge in [-0.3, -0.25) is 9.59 Å². The van der Waals surface area contributed by atoms with E-state index in [9.17, 15) is 9.59 Å². The first kappa shape index (κ1) is 23.0. The quantitative estimate of drug-likeness (QED) is 0.296. The maximum atomic E-state index is 12.4. The lowest BCUT2D eigenvalue weighted by atomic mass is 9.82. The minimum atomic E-state index is -0.727. The van der Waals surface area contributed by atoms with Crippen LogP contribution in [0.2, 0.25) is 0 Å². The van der Waals surface area contributed by atoms with Gasteiger partial charge in [0.05, 0.1) is 11.8 Å². The molecule has 0 aromatic rings. The first-order valence-corrected chi connectivity index (χ1v) is 11.0. The van der Waals surface area contributed by atoms with Crippen molar-refractivity contribution >= 4 is 11.9 Å². The van der Waals surface area contributed by atoms with Crippen LogP contribution in [0.3, 0.4) is 0 Å². The van der Waals surface area contributed by atoms with Crippen molar-refractivity contribution in [2.24, 2.45) is 11.8 Å². The fourth-order valence-corrected chi connectivity index (χ4v) is 3.93. The summed E-state index contributed by atoms with van der Waals surface area (Å²) in [5, 5.41) is 9.06. The number of unbranched alkanes of at least 4 members (excludes halogenated alkanes) is 7. The Labute approximate surface area is 160 Å². The minimum Gasteiger partial charge on any atom is -0.481 e. The van der Waals surface area contributed by atoms with E-state index < -0.39 is 5.97 Å². The third-order valence-electron chi connectivity index (χ3n) is 5.68. The fraction of sp³-hybridized carbons (Fsp3) is 0.909. The normalized spacial score (nSPS) is 21.3. The lowest BCUT2D eigenvalue weighted by Gasteiger charge is -2.26. The molecule has 1 unspecified atom stereocenters. The van der Waals surface area contributed by atoms with Crippen molar-refractivity contribution in [1.29, 1.82) is 0 Å². The first-order chi connectivity index (χ1) is 12.6. The monoisotopic (exact) mass is 368 g/mol. The largest absolute Gasteiger partial charge is 0.481 e. The van der Waals surface area contributed by atoms with Crippen LogP contribution < -0.4 is 0 Å². The van der Waals surface area contributed by atoms with Gasteiger partial charge in [0.25, 0.3) is 0 Å². The van der Waals surface area contributed by atoms with E-state index in [1.807, 2.05) is 0 Å². The molecule has 0 aromatic carbocycles. The Morgan fingerprint density at radius 3 is 1.88 bits per heavy atom. The van der Waals surface area contributed by atoms with Crippen LogP contribution in [-0.2, 0) is 14.3 Å². The molecule has 0 radical (unpaired) electrons. The molecule has 0 bridgehead atoms. The van der Waals surface area contributed by atoms with Crippen LogP contribution in [-0.4, -0.2) is 23.1 Å². The number of carbonyl (C=O) groups is 2. The SMILES string of the molecule is CCCCCCCCCCC(CCC)OC(=O)C1CCC(C(=O)O)CC1. The molecule has 1 N–H and O–H groups in total. The molecular weight excluding hydrogens is 328 g/mol. The third-order valence-corrected chi connectivity index (χ3v) is 5.68. The lowest BCUT2D eigenvalue weighted by molar-refractivity contribution is -0.158. The molecule has 0 aliphatic heterocycles. The van der Waals surface area contributed by atoms with Gasteiger partial charge in [-0.05, 0) is 44.9 Å². The molecule has 1 atom stereocenters. The van der Waals surface area contributed by atoms with Crippen molar-refractivity contribution in [2.45, 2.75) is 116 Å². The number of carboxylic acid groups (broad SMARTS) is 1. The van der Waals surface area contributed by atoms with Crippen molar-refractivity contribution in [3.63, 3.8) is 0 Å². The molecule has 1 rings (SSSR count). The highest BCUT2D eigenvalue weighted by Gasteiger charge is 2.31. The first-order valence-electron chi connectivity index (χ1n) is 11.0. The van der Waals surface area contributed by atoms with Crippen LogP contribution in [0.4, 0.5) is 0 Å². The van der Waals surface area contributed by atoms with Gasteiger partial charge in [0.1, 0.15) is 6.10 Å². The molecule has 1 aliphatic rings. The molecule has 0 saturated heterocycles. The lowest BCUT2D eigenvalue weighted by Crippen LogP contribution is -2.29. The summed E-state index contributed by atoms with van der Waals surface area (Å²) < 4.78 is 5.80. The third kappa shape index (κ3) is 9.59. The number of carbonyl (C=O) groups excluding carboxylic acids is 1. The number of carboxylic acids is 1. The van der Waals surface area contributed by atoms with E-state index in [1.54, 1.807) is 0 Å². The van der Waals surface area contributed by atoms with Gasteiger partial charge >= 0.3 is 11.9 Å². The molecule has 1 saturated carbocycles. The van der Waals surface area contributed by atoms with Crippen LogP contribution >= 0.6 is 0 Å². The number of ether oxygens (including phenoxy) is 1. The zero-order valence-corrected chi connectivity index (χ0v) is 17.0. The number of hydrogen-bond donors (Lipinski definition) is 1. The highest BCUT2D eigenvalue weighted by molar-refractivity contribution is 5.74. The highest BCUT2D eigenvalue weighted by atomic mass is 16.5. The van der Waals surface area contributed by atoms with Crippen molar-refractivity contribution in [3.8, 4) is 0 Å². The van der Waals surface area contributed by atoms with Gasteiger partial charge in [-0.1, -0.05) is 65.2 Å². The van der Waals surface area contributed by atoms with Crippen molar-refractivity contribution < 1.29 is 19.4 Å². The average molecular weight is 369 g/mol. The predicted molar refractivity (Wildman–Crippen MR) is 105 cm³/mol. The molecule has 0 aromatic heterocycles. The molecule has 0 amide bonds. The average Bonchev–Trinajstić information content (AvgIpc) is 2.64. The van der Waals surface area contributed by atoms with Gasteiger partial charge in [-0.25, -0.2) is 0 Å². The molecule has 4 nitrogen and oxygen atoms in total. The summed E-state index contributed by atoms with van der Waals surface area (Å²) in [6, 6.07) is 0. The molecule has 0 spiro atoms. The smallest absolute Gasteiger partial charge is 0.309 e. The Kier molecular flexibility index (Phi) is 12.4. The summed E-state index contributed by atoms with van der Waals surface area (Å²) in [5.41, 5.74) is 0. The van der Waals surface area contributed by atoms with Crippen molar-refractivity contribution in [2.75, 3.05) is 0 Å². The number of rotatable bonds is 14. The van der Waals surface area contributed by atoms with E-state index in [0.717, 1.165) is 25.7 Å². The Morgan fingerprint density at radius 2 is 1.35 bits per heavy atom. The Morgan fingerprint density at radius 1 is 0.808 bits per heavy atom. The molecule has 1 aliphatic carbocycles. The summed E-state index contributed by atoms with van der Waals surface area (Å²) in [6.45, 7) is 4.37. The van der Waals surface area contributed by atoms with Gasteiger partial charge < -0.3 is 9.84 Å². The van der Waals surface area contributed by atoms with Crippen LogP contribution in [0.1, 0.15) is 110 Å². The van der Waals surface area contributed by atoms with E-state index in [4.69, 9.17) is 9.84 Å². The minimum absolute atomic E-state index is 0.0461. The van der Waals surface area contributed by atoms with E-state index in [2.05, 4.69) is 13.8 Å². The molecule has 1 fully saturated rings. The van der Waals surface area contributed by atoms with Gasteiger partial charge in [-0.15, -0.1) is 0 Å². The Bertz CT molecular complexity index is 386. The highest BCUT2D eigenvalue weighted by Crippen LogP contribution is 2.30. The summed E-state index contributed by atoms with van der Waals surface area (Å²) in [4.78, 5) is 23.4. The van der Waals surface area contributed by atoms with E-state index in [1.165, 1.54) is 44.9 Å². The van der Waals surface area contributed by atoms with Crippen molar-refractivity contribution in [1.82, 2.24) is 0 Å². The van der Waals surface area contributed by atoms with Gasteiger partial charge in [0, 0.05) is 0 Å². The molecule has 26 heavy (non-hydrogen) atoms. The van der Waals surface area contributed by atoms with Gasteiger partial charge in [-0.2, -0.15) is 0 Å². The number of aliphatic carboxylic acids is 1. The van der Waals surface area contributed by atoms with Gasteiger partial charge in [0.2, 0.25) is 0 Å². The fourth-order valence-electron chi connectivity index (χ4n) is 3.93. The molecule has 4 heteroatoms. The van der Waals surface area contributed by atoms with E-state index in [-0.39, 0.29) is 23.9 Å². The maximum absolute atomic E-state index is 12.4. The van der Waals surface area contributed by atoms with Crippen LogP contribution in [0, 0.1) is 11.8 Å². The zero-order valence-electron chi connectivity index (χ0n) is 17.0. The molecule has 152 valence electrons. The molecule has 0 heterocycles. The second-order valence-electron chi connectivity index (χ2n) is 8.00. The molecular formula is C22H40O4. The summed E-state index contributed by atoms with van der Waals surface area (Å²) in [6.07, 6.45) is 15.8. The van der Waals surface area contributed by atoms with Crippen LogP contribution in [0.5, 0.6) is 0 Å². The van der Waals surface area contributed by atoms with Crippen LogP contribution in [0.25, 0.3) is 0 Å². The Balaban J connectivity index is 2.21. The summed E-state index contributed by atoms with van der Waals surface area (Å²) >= 11 is 0. The second-order valence-corrected chi connectivity index (χ2v) is 8.00. The number of esters is 1. The maximum Gasteiger partial charge on any atom is 0.309 e. The van der Waals surface area contributed by atoms with Gasteiger partial charge in [0.15, 0.2) is 0 Å². The second kappa shape index (κ2) is 14.1. The predicted octanol–water partition coefficient (Wildman–Crippen LogP) is 6.12. The topological polar surface area (TPSA) is 63.6 Å². The summed E-state index contributed by atoms with van der Waals surface area (Å²) in [7, 11) is 0. The van der Waals surface area contributed by atoms with Crippen molar-refractivity contribution in [3.05, 3.63) is 0 Å². The van der Waals surface area contributed by atoms with E-state index >= 15 is 0 Å². The number of hydrogen-bond acceptors (Lipinski definition) is 3. The van der Waals surface area contributed by atoms with E-state index in [0.29, 0.717) is 25.7 Å². The van der Waals surface area contributed by atoms with Crippen LogP contribution in [0.15, 0.2) is 0 Å². The summed E-state index contributed by atoms with van der Waals surface area (Å²) in [5.74, 6) is -1.19.